The third-order valence-corrected chi connectivity index (χ3v) is 7.43. The van der Waals surface area contributed by atoms with E-state index in [2.05, 4.69) is 0 Å². The van der Waals surface area contributed by atoms with Crippen LogP contribution < -0.4 is 4.74 Å². The molecule has 9 heteroatoms. The Morgan fingerprint density at radius 3 is 2.18 bits per heavy atom. The summed E-state index contributed by atoms with van der Waals surface area (Å²) in [7, 11) is 0. The van der Waals surface area contributed by atoms with E-state index in [1.165, 1.54) is 23.9 Å². The number of nitrogens with zero attached hydrogens (tertiary/aromatic N) is 1. The van der Waals surface area contributed by atoms with Crippen LogP contribution in [0, 0.1) is 5.82 Å². The molecule has 0 bridgehead atoms. The minimum Gasteiger partial charge on any atom is -0.486 e. The van der Waals surface area contributed by atoms with Gasteiger partial charge in [-0.3, -0.25) is 9.69 Å². The molecule has 0 N–H and O–H groups in total. The normalized spacial score (nSPS) is 15.9. The largest absolute Gasteiger partial charge is 0.486 e. The standard InChI is InChI=1S/C24H17Cl3FNO2S2/c25-17-5-1-15(2-6-17)13-31-22-19(26)9-16(10-20(22)27)11-21-23(30)29(24(32)33-21)12-14-3-7-18(28)8-4-14/h1-10,21H,11-13H2/t21-/m0/s1. The van der Waals surface area contributed by atoms with Crippen molar-refractivity contribution in [1.29, 1.82) is 0 Å². The summed E-state index contributed by atoms with van der Waals surface area (Å²) < 4.78 is 19.5. The number of carbonyl (C=O) groups is 1. The first kappa shape index (κ1) is 24.3. The fraction of sp³-hybridized carbons (Fsp3) is 0.167. The summed E-state index contributed by atoms with van der Waals surface area (Å²) in [6.45, 7) is 0.597. The highest BCUT2D eigenvalue weighted by Gasteiger charge is 2.37. The predicted octanol–water partition coefficient (Wildman–Crippen LogP) is 7.34. The monoisotopic (exact) mass is 539 g/mol. The van der Waals surface area contributed by atoms with Crippen LogP contribution in [0.1, 0.15) is 16.7 Å². The van der Waals surface area contributed by atoms with Crippen LogP contribution in [-0.2, 0) is 24.4 Å². The van der Waals surface area contributed by atoms with E-state index >= 15 is 0 Å². The van der Waals surface area contributed by atoms with Crippen molar-refractivity contribution in [2.24, 2.45) is 0 Å². The molecule has 3 aromatic carbocycles. The molecule has 1 fully saturated rings. The van der Waals surface area contributed by atoms with Crippen LogP contribution in [0.2, 0.25) is 15.1 Å². The van der Waals surface area contributed by atoms with Gasteiger partial charge < -0.3 is 4.74 Å². The zero-order valence-corrected chi connectivity index (χ0v) is 21.0. The molecule has 170 valence electrons. The minimum absolute atomic E-state index is 0.0929. The number of halogens is 4. The zero-order valence-electron chi connectivity index (χ0n) is 17.1. The van der Waals surface area contributed by atoms with Crippen molar-refractivity contribution in [3.05, 3.63) is 98.2 Å². The van der Waals surface area contributed by atoms with E-state index < -0.39 is 0 Å². The Hall–Kier alpha value is -1.83. The highest BCUT2D eigenvalue weighted by Crippen LogP contribution is 2.37. The second kappa shape index (κ2) is 10.6. The second-order valence-corrected chi connectivity index (χ2v) is 10.5. The highest BCUT2D eigenvalue weighted by atomic mass is 35.5. The lowest BCUT2D eigenvalue weighted by Crippen LogP contribution is -2.31. The van der Waals surface area contributed by atoms with Crippen LogP contribution in [0.4, 0.5) is 4.39 Å². The summed E-state index contributed by atoms with van der Waals surface area (Å²) in [6.07, 6.45) is 0.417. The molecule has 3 aromatic rings. The van der Waals surface area contributed by atoms with Gasteiger partial charge >= 0.3 is 0 Å². The Balaban J connectivity index is 1.42. The first-order valence-corrected chi connectivity index (χ1v) is 12.3. The van der Waals surface area contributed by atoms with Crippen molar-refractivity contribution in [1.82, 2.24) is 4.90 Å². The molecular weight excluding hydrogens is 524 g/mol. The van der Waals surface area contributed by atoms with Crippen LogP contribution in [0.5, 0.6) is 5.75 Å². The summed E-state index contributed by atoms with van der Waals surface area (Å²) in [4.78, 5) is 14.5. The van der Waals surface area contributed by atoms with E-state index in [1.54, 1.807) is 41.3 Å². The summed E-state index contributed by atoms with van der Waals surface area (Å²) >= 11 is 25.5. The van der Waals surface area contributed by atoms with Gasteiger partial charge in [0.1, 0.15) is 16.7 Å². The summed E-state index contributed by atoms with van der Waals surface area (Å²) in [5, 5.41) is 1.00. The number of hydrogen-bond acceptors (Lipinski definition) is 4. The molecule has 1 amide bonds. The Morgan fingerprint density at radius 2 is 1.55 bits per heavy atom. The lowest BCUT2D eigenvalue weighted by atomic mass is 10.1. The third-order valence-electron chi connectivity index (χ3n) is 5.03. The molecule has 4 rings (SSSR count). The molecule has 1 aliphatic heterocycles. The van der Waals surface area contributed by atoms with Crippen molar-refractivity contribution >= 4 is 69.0 Å². The van der Waals surface area contributed by atoms with E-state index in [-0.39, 0.29) is 17.0 Å². The number of carbonyl (C=O) groups excluding carboxylic acids is 1. The maximum atomic E-state index is 13.2. The van der Waals surface area contributed by atoms with E-state index in [4.69, 9.17) is 51.8 Å². The minimum atomic E-state index is -0.383. The van der Waals surface area contributed by atoms with Crippen LogP contribution in [0.15, 0.2) is 60.7 Å². The molecule has 0 aliphatic carbocycles. The van der Waals surface area contributed by atoms with Gasteiger partial charge in [0.05, 0.1) is 21.8 Å². The third kappa shape index (κ3) is 6.00. The van der Waals surface area contributed by atoms with Gasteiger partial charge in [0.25, 0.3) is 0 Å². The SMILES string of the molecule is O=C1[C@H](Cc2cc(Cl)c(OCc3ccc(Cl)cc3)c(Cl)c2)SC(=S)N1Cc1ccc(F)cc1. The summed E-state index contributed by atoms with van der Waals surface area (Å²) in [5.74, 6) is -0.0313. The van der Waals surface area contributed by atoms with Crippen molar-refractivity contribution in [3.63, 3.8) is 0 Å². The molecule has 1 aliphatic rings. The molecule has 1 atom stereocenters. The molecular formula is C24H17Cl3FNO2S2. The molecule has 0 saturated carbocycles. The number of ether oxygens (including phenoxy) is 1. The number of thioether (sulfide) groups is 1. The molecule has 0 unspecified atom stereocenters. The van der Waals surface area contributed by atoms with Crippen molar-refractivity contribution in [2.45, 2.75) is 24.8 Å². The van der Waals surface area contributed by atoms with E-state index in [1.807, 2.05) is 12.1 Å². The molecule has 0 radical (unpaired) electrons. The van der Waals surface area contributed by atoms with Crippen LogP contribution in [0.25, 0.3) is 0 Å². The zero-order chi connectivity index (χ0) is 23.5. The van der Waals surface area contributed by atoms with Gasteiger partial charge in [-0.25, -0.2) is 4.39 Å². The van der Waals surface area contributed by atoms with Gasteiger partial charge in [-0.1, -0.05) is 83.0 Å². The summed E-state index contributed by atoms with van der Waals surface area (Å²) in [5.41, 5.74) is 2.54. The maximum Gasteiger partial charge on any atom is 0.242 e. The lowest BCUT2D eigenvalue weighted by Gasteiger charge is -2.16. The Bertz CT molecular complexity index is 1170. The number of amides is 1. The van der Waals surface area contributed by atoms with Crippen molar-refractivity contribution in [3.8, 4) is 5.75 Å². The molecule has 1 saturated heterocycles. The van der Waals surface area contributed by atoms with E-state index in [0.29, 0.717) is 44.7 Å². The molecule has 0 aromatic heterocycles. The Labute approximate surface area is 215 Å². The smallest absolute Gasteiger partial charge is 0.242 e. The summed E-state index contributed by atoms with van der Waals surface area (Å²) in [6, 6.07) is 16.8. The Morgan fingerprint density at radius 1 is 0.939 bits per heavy atom. The highest BCUT2D eigenvalue weighted by molar-refractivity contribution is 8.24. The molecule has 3 nitrogen and oxygen atoms in total. The first-order valence-electron chi connectivity index (χ1n) is 9.92. The van der Waals surface area contributed by atoms with Gasteiger partial charge in [0.2, 0.25) is 5.91 Å². The fourth-order valence-corrected chi connectivity index (χ4v) is 5.66. The van der Waals surface area contributed by atoms with E-state index in [0.717, 1.165) is 16.7 Å². The van der Waals surface area contributed by atoms with Gasteiger partial charge in [-0.2, -0.15) is 0 Å². The molecule has 33 heavy (non-hydrogen) atoms. The topological polar surface area (TPSA) is 29.5 Å². The quantitative estimate of drug-likeness (QED) is 0.293. The predicted molar refractivity (Wildman–Crippen MR) is 137 cm³/mol. The van der Waals surface area contributed by atoms with Gasteiger partial charge in [0.15, 0.2) is 5.75 Å². The number of benzene rings is 3. The van der Waals surface area contributed by atoms with Gasteiger partial charge in [-0.15, -0.1) is 0 Å². The van der Waals surface area contributed by atoms with E-state index in [9.17, 15) is 9.18 Å². The maximum absolute atomic E-state index is 13.2. The molecule has 1 heterocycles. The average Bonchev–Trinajstić information content (AvgIpc) is 3.03. The number of rotatable bonds is 7. The number of hydrogen-bond donors (Lipinski definition) is 0. The second-order valence-electron chi connectivity index (χ2n) is 7.43. The molecule has 0 spiro atoms. The van der Waals surface area contributed by atoms with Crippen molar-refractivity contribution < 1.29 is 13.9 Å². The van der Waals surface area contributed by atoms with Crippen molar-refractivity contribution in [2.75, 3.05) is 0 Å². The fourth-order valence-electron chi connectivity index (χ4n) is 3.36. The van der Waals surface area contributed by atoms with Gasteiger partial charge in [0, 0.05) is 5.02 Å². The van der Waals surface area contributed by atoms with Crippen LogP contribution in [-0.4, -0.2) is 20.4 Å². The lowest BCUT2D eigenvalue weighted by molar-refractivity contribution is -0.126. The Kier molecular flexibility index (Phi) is 7.82. The van der Waals surface area contributed by atoms with Crippen LogP contribution in [0.3, 0.4) is 0 Å². The van der Waals surface area contributed by atoms with Crippen LogP contribution >= 0.6 is 58.8 Å². The average molecular weight is 541 g/mol. The van der Waals surface area contributed by atoms with Gasteiger partial charge in [-0.05, 0) is 59.5 Å². The first-order chi connectivity index (χ1) is 15.8. The number of thiocarbonyl (C=S) groups is 1.